The Morgan fingerprint density at radius 3 is 1.74 bits per heavy atom. The van der Waals surface area contributed by atoms with Crippen molar-refractivity contribution in [3.63, 3.8) is 0 Å². The summed E-state index contributed by atoms with van der Waals surface area (Å²) in [5.41, 5.74) is 0.542. The van der Waals surface area contributed by atoms with Gasteiger partial charge < -0.3 is 19.8 Å². The van der Waals surface area contributed by atoms with Gasteiger partial charge in [0, 0.05) is 24.2 Å². The molecule has 0 amide bonds. The molecule has 0 aliphatic carbocycles. The van der Waals surface area contributed by atoms with Crippen molar-refractivity contribution < 1.29 is 29.3 Å². The number of hydrogen-bond acceptors (Lipinski definition) is 7. The van der Waals surface area contributed by atoms with E-state index in [9.17, 15) is 24.6 Å². The smallest absolute Gasteiger partial charge is 0.310 e. The topological polar surface area (TPSA) is 104 Å². The molecule has 0 spiro atoms. The molecule has 1 heterocycles. The minimum atomic E-state index is -1.48. The molecule has 0 bridgehead atoms. The minimum absolute atomic E-state index is 0.0458. The van der Waals surface area contributed by atoms with Crippen molar-refractivity contribution in [3.8, 4) is 0 Å². The van der Waals surface area contributed by atoms with E-state index in [0.29, 0.717) is 35.3 Å². The SMILES string of the molecule is CCN1CC(C(=O)OC)CC(C(=O)c2ccc([C@@H](C)O)cc2)(C(=O)c2ccc([C@@H](C)O)cc2)C1. The number of methoxy groups -OCH3 is 1. The first-order valence-electron chi connectivity index (χ1n) is 11.6. The highest BCUT2D eigenvalue weighted by Crippen LogP contribution is 2.40. The van der Waals surface area contributed by atoms with E-state index in [2.05, 4.69) is 0 Å². The second-order valence-electron chi connectivity index (χ2n) is 9.09. The third-order valence-corrected chi connectivity index (χ3v) is 6.73. The number of aliphatic hydroxyl groups excluding tert-OH is 2. The van der Waals surface area contributed by atoms with Gasteiger partial charge in [0.05, 0.1) is 25.2 Å². The molecule has 2 N–H and O–H groups in total. The first kappa shape index (κ1) is 25.7. The van der Waals surface area contributed by atoms with Crippen LogP contribution in [0, 0.1) is 11.3 Å². The van der Waals surface area contributed by atoms with Crippen LogP contribution in [0.1, 0.15) is 71.2 Å². The van der Waals surface area contributed by atoms with Crippen LogP contribution in [0.2, 0.25) is 0 Å². The Hall–Kier alpha value is -2.87. The first-order chi connectivity index (χ1) is 16.1. The van der Waals surface area contributed by atoms with E-state index >= 15 is 0 Å². The molecule has 1 aliphatic heterocycles. The Balaban J connectivity index is 2.10. The summed E-state index contributed by atoms with van der Waals surface area (Å²) in [4.78, 5) is 42.5. The molecule has 3 atom stereocenters. The van der Waals surface area contributed by atoms with Gasteiger partial charge >= 0.3 is 5.97 Å². The van der Waals surface area contributed by atoms with E-state index in [1.165, 1.54) is 7.11 Å². The summed E-state index contributed by atoms with van der Waals surface area (Å²) in [6, 6.07) is 13.2. The molecular weight excluding hydrogens is 434 g/mol. The Labute approximate surface area is 200 Å². The van der Waals surface area contributed by atoms with E-state index in [4.69, 9.17) is 4.74 Å². The summed E-state index contributed by atoms with van der Waals surface area (Å²) in [6.45, 7) is 6.37. The quantitative estimate of drug-likeness (QED) is 0.348. The normalized spacial score (nSPS) is 19.8. The average Bonchev–Trinajstić information content (AvgIpc) is 2.86. The van der Waals surface area contributed by atoms with E-state index in [1.807, 2.05) is 11.8 Å². The van der Waals surface area contributed by atoms with Gasteiger partial charge in [0.2, 0.25) is 0 Å². The number of Topliss-reactive ketones (excluding diaryl/α,β-unsaturated/α-hetero) is 2. The molecule has 1 fully saturated rings. The fraction of sp³-hybridized carbons (Fsp3) is 0.444. The molecule has 1 saturated heterocycles. The van der Waals surface area contributed by atoms with Crippen LogP contribution in [0.25, 0.3) is 0 Å². The molecule has 0 aromatic heterocycles. The van der Waals surface area contributed by atoms with E-state index < -0.39 is 29.5 Å². The predicted octanol–water partition coefficient (Wildman–Crippen LogP) is 3.36. The highest BCUT2D eigenvalue weighted by molar-refractivity contribution is 6.20. The molecule has 0 radical (unpaired) electrons. The Kier molecular flexibility index (Phi) is 8.02. The van der Waals surface area contributed by atoms with Gasteiger partial charge in [-0.1, -0.05) is 55.5 Å². The Bertz CT molecular complexity index is 963. The maximum absolute atomic E-state index is 14.0. The largest absolute Gasteiger partial charge is 0.469 e. The molecule has 182 valence electrons. The molecule has 1 unspecified atom stereocenters. The fourth-order valence-corrected chi connectivity index (χ4v) is 4.68. The van der Waals surface area contributed by atoms with Gasteiger partial charge in [0.15, 0.2) is 11.6 Å². The number of aliphatic hydroxyl groups is 2. The van der Waals surface area contributed by atoms with E-state index in [1.54, 1.807) is 62.4 Å². The summed E-state index contributed by atoms with van der Waals surface area (Å²) >= 11 is 0. The molecule has 1 aliphatic rings. The van der Waals surface area contributed by atoms with Crippen molar-refractivity contribution in [1.82, 2.24) is 4.90 Å². The number of rotatable bonds is 8. The summed E-state index contributed by atoms with van der Waals surface area (Å²) in [5.74, 6) is -1.79. The van der Waals surface area contributed by atoms with Crippen LogP contribution in [0.15, 0.2) is 48.5 Å². The average molecular weight is 468 g/mol. The molecule has 7 heteroatoms. The number of carbonyl (C=O) groups excluding carboxylic acids is 3. The predicted molar refractivity (Wildman–Crippen MR) is 127 cm³/mol. The maximum Gasteiger partial charge on any atom is 0.310 e. The van der Waals surface area contributed by atoms with E-state index in [-0.39, 0.29) is 24.5 Å². The van der Waals surface area contributed by atoms with Crippen molar-refractivity contribution in [2.75, 3.05) is 26.7 Å². The van der Waals surface area contributed by atoms with Crippen molar-refractivity contribution in [2.45, 2.75) is 39.4 Å². The van der Waals surface area contributed by atoms with Crippen LogP contribution in [-0.2, 0) is 9.53 Å². The van der Waals surface area contributed by atoms with Gasteiger partial charge in [-0.15, -0.1) is 0 Å². The molecule has 7 nitrogen and oxygen atoms in total. The zero-order valence-electron chi connectivity index (χ0n) is 20.2. The third-order valence-electron chi connectivity index (χ3n) is 6.73. The highest BCUT2D eigenvalue weighted by Gasteiger charge is 2.52. The van der Waals surface area contributed by atoms with Gasteiger partial charge in [0.1, 0.15) is 5.41 Å². The Morgan fingerprint density at radius 1 is 0.941 bits per heavy atom. The number of ether oxygens (including phenoxy) is 1. The fourth-order valence-electron chi connectivity index (χ4n) is 4.68. The number of piperidine rings is 1. The highest BCUT2D eigenvalue weighted by atomic mass is 16.5. The van der Waals surface area contributed by atoms with Gasteiger partial charge in [-0.25, -0.2) is 0 Å². The zero-order valence-corrected chi connectivity index (χ0v) is 20.2. The standard InChI is InChI=1S/C27H33NO6/c1-5-28-15-23(26(33)34-4)14-27(16-28,24(31)21-10-6-19(7-11-21)17(2)29)25(32)22-12-8-20(9-13-22)18(3)30/h6-13,17-18,23,29-30H,5,14-16H2,1-4H3/t17-,18-,23?/m1/s1. The lowest BCUT2D eigenvalue weighted by Gasteiger charge is -2.43. The number of carbonyl (C=O) groups is 3. The van der Waals surface area contributed by atoms with Crippen molar-refractivity contribution >= 4 is 17.5 Å². The minimum Gasteiger partial charge on any atom is -0.469 e. The van der Waals surface area contributed by atoms with Crippen LogP contribution in [0.3, 0.4) is 0 Å². The van der Waals surface area contributed by atoms with Crippen LogP contribution in [0.5, 0.6) is 0 Å². The number of likely N-dealkylation sites (tertiary alicyclic amines) is 1. The summed E-state index contributed by atoms with van der Waals surface area (Å²) in [6.07, 6.45) is -1.31. The number of esters is 1. The maximum atomic E-state index is 14.0. The van der Waals surface area contributed by atoms with Crippen LogP contribution in [0.4, 0.5) is 0 Å². The second-order valence-corrected chi connectivity index (χ2v) is 9.09. The second kappa shape index (κ2) is 10.6. The molecular formula is C27H33NO6. The number of ketones is 2. The third kappa shape index (κ3) is 5.12. The van der Waals surface area contributed by atoms with Crippen LogP contribution in [-0.4, -0.2) is 59.4 Å². The van der Waals surface area contributed by atoms with Crippen molar-refractivity contribution in [1.29, 1.82) is 0 Å². The summed E-state index contributed by atoms with van der Waals surface area (Å²) in [5, 5.41) is 19.7. The lowest BCUT2D eigenvalue weighted by atomic mass is 9.66. The monoisotopic (exact) mass is 467 g/mol. The Morgan fingerprint density at radius 2 is 1.38 bits per heavy atom. The van der Waals surface area contributed by atoms with Gasteiger partial charge in [-0.05, 0) is 37.9 Å². The van der Waals surface area contributed by atoms with Gasteiger partial charge in [-0.3, -0.25) is 14.4 Å². The van der Waals surface area contributed by atoms with Gasteiger partial charge in [0.25, 0.3) is 0 Å². The first-order valence-corrected chi connectivity index (χ1v) is 11.6. The molecule has 2 aromatic rings. The zero-order chi connectivity index (χ0) is 25.0. The number of hydrogen-bond donors (Lipinski definition) is 2. The molecule has 3 rings (SSSR count). The van der Waals surface area contributed by atoms with Gasteiger partial charge in [-0.2, -0.15) is 0 Å². The van der Waals surface area contributed by atoms with Crippen molar-refractivity contribution in [3.05, 3.63) is 70.8 Å². The summed E-state index contributed by atoms with van der Waals surface area (Å²) < 4.78 is 4.99. The number of benzene rings is 2. The summed E-state index contributed by atoms with van der Waals surface area (Å²) in [7, 11) is 1.31. The van der Waals surface area contributed by atoms with Crippen molar-refractivity contribution in [2.24, 2.45) is 11.3 Å². The van der Waals surface area contributed by atoms with Crippen LogP contribution < -0.4 is 0 Å². The lowest BCUT2D eigenvalue weighted by molar-refractivity contribution is -0.148. The lowest BCUT2D eigenvalue weighted by Crippen LogP contribution is -2.56. The number of nitrogens with zero attached hydrogens (tertiary/aromatic N) is 1. The molecule has 34 heavy (non-hydrogen) atoms. The van der Waals surface area contributed by atoms with Crippen LogP contribution >= 0.6 is 0 Å². The molecule has 2 aromatic carbocycles. The molecule has 0 saturated carbocycles. The van der Waals surface area contributed by atoms with E-state index in [0.717, 1.165) is 0 Å².